The first kappa shape index (κ1) is 26.6. The standard InChI is InChI=1S/C32H26FN5O5/c1-37(19-6-7-20-22(14-19)32(43)38(31(20)42)25-8-9-26(39)36-30(25)41)15-16-2-4-17(5-3-16)28-21-10-11-34-29(40)23-12-18(33)13-24(35-28)27(21)23/h2-7,12-14,25,35H,8-11,15H2,1H3,(H,34,40)(H,36,39,41). The van der Waals surface area contributed by atoms with Crippen molar-refractivity contribution in [2.75, 3.05) is 18.5 Å². The molecule has 3 aliphatic heterocycles. The zero-order chi connectivity index (χ0) is 30.0. The van der Waals surface area contributed by atoms with Gasteiger partial charge in [0.25, 0.3) is 17.7 Å². The third kappa shape index (κ3) is 4.35. The molecule has 1 aromatic heterocycles. The first-order valence-electron chi connectivity index (χ1n) is 14.0. The van der Waals surface area contributed by atoms with Gasteiger partial charge in [-0.3, -0.25) is 34.2 Å². The van der Waals surface area contributed by atoms with Gasteiger partial charge in [-0.25, -0.2) is 4.39 Å². The number of piperidine rings is 1. The molecule has 1 fully saturated rings. The first-order chi connectivity index (χ1) is 20.7. The fraction of sp³-hybridized carbons (Fsp3) is 0.219. The van der Waals surface area contributed by atoms with Crippen molar-refractivity contribution in [1.82, 2.24) is 20.5 Å². The summed E-state index contributed by atoms with van der Waals surface area (Å²) < 4.78 is 14.2. The van der Waals surface area contributed by atoms with Crippen LogP contribution in [0, 0.1) is 5.82 Å². The summed E-state index contributed by atoms with van der Waals surface area (Å²) >= 11 is 0. The molecule has 1 unspecified atom stereocenters. The maximum Gasteiger partial charge on any atom is 0.262 e. The molecule has 43 heavy (non-hydrogen) atoms. The normalized spacial score (nSPS) is 18.0. The van der Waals surface area contributed by atoms with Gasteiger partial charge in [0.1, 0.15) is 11.9 Å². The highest BCUT2D eigenvalue weighted by atomic mass is 19.1. The molecule has 1 saturated heterocycles. The Morgan fingerprint density at radius 3 is 2.44 bits per heavy atom. The second-order valence-corrected chi connectivity index (χ2v) is 11.1. The number of hydrogen-bond acceptors (Lipinski definition) is 6. The zero-order valence-corrected chi connectivity index (χ0v) is 23.1. The Morgan fingerprint density at radius 2 is 1.67 bits per heavy atom. The molecule has 3 aromatic carbocycles. The van der Waals surface area contributed by atoms with Gasteiger partial charge in [-0.05, 0) is 59.9 Å². The number of anilines is 1. The van der Waals surface area contributed by atoms with Crippen LogP contribution < -0.4 is 15.5 Å². The molecule has 3 aliphatic rings. The van der Waals surface area contributed by atoms with E-state index < -0.39 is 35.5 Å². The molecule has 4 heterocycles. The molecule has 0 aliphatic carbocycles. The molecular formula is C32H26FN5O5. The monoisotopic (exact) mass is 579 g/mol. The van der Waals surface area contributed by atoms with Crippen LogP contribution in [0.4, 0.5) is 10.1 Å². The predicted octanol–water partition coefficient (Wildman–Crippen LogP) is 3.30. The summed E-state index contributed by atoms with van der Waals surface area (Å²) in [6, 6.07) is 14.6. The van der Waals surface area contributed by atoms with Crippen molar-refractivity contribution < 1.29 is 28.4 Å². The lowest BCUT2D eigenvalue weighted by molar-refractivity contribution is -0.136. The van der Waals surface area contributed by atoms with Crippen LogP contribution in [0.25, 0.3) is 22.2 Å². The van der Waals surface area contributed by atoms with Crippen molar-refractivity contribution in [2.24, 2.45) is 0 Å². The highest BCUT2D eigenvalue weighted by molar-refractivity contribution is 6.23. The molecular weight excluding hydrogens is 553 g/mol. The first-order valence-corrected chi connectivity index (χ1v) is 14.0. The molecule has 10 nitrogen and oxygen atoms in total. The summed E-state index contributed by atoms with van der Waals surface area (Å²) in [6.07, 6.45) is 0.783. The van der Waals surface area contributed by atoms with Gasteiger partial charge in [-0.1, -0.05) is 24.3 Å². The topological polar surface area (TPSA) is 132 Å². The SMILES string of the molecule is CN(Cc1ccc(-c2[nH]c3cc(F)cc4c3c2CCNC4=O)cc1)c1ccc2c(c1)C(=O)N(C1CCC(=O)NC1=O)C2=O. The number of carbonyl (C=O) groups is 5. The van der Waals surface area contributed by atoms with Gasteiger partial charge in [0.05, 0.1) is 16.7 Å². The van der Waals surface area contributed by atoms with Crippen LogP contribution in [0.2, 0.25) is 0 Å². The average molecular weight is 580 g/mol. The van der Waals surface area contributed by atoms with Crippen LogP contribution in [0.1, 0.15) is 55.0 Å². The second-order valence-electron chi connectivity index (χ2n) is 11.1. The van der Waals surface area contributed by atoms with E-state index in [1.807, 2.05) is 36.2 Å². The third-order valence-corrected chi connectivity index (χ3v) is 8.40. The molecule has 11 heteroatoms. The summed E-state index contributed by atoms with van der Waals surface area (Å²) in [7, 11) is 1.88. The third-order valence-electron chi connectivity index (χ3n) is 8.40. The van der Waals surface area contributed by atoms with E-state index in [4.69, 9.17) is 0 Å². The van der Waals surface area contributed by atoms with Gasteiger partial charge in [-0.15, -0.1) is 0 Å². The van der Waals surface area contributed by atoms with Gasteiger partial charge in [0.2, 0.25) is 11.8 Å². The van der Waals surface area contributed by atoms with E-state index in [-0.39, 0.29) is 29.9 Å². The molecule has 0 bridgehead atoms. The quantitative estimate of drug-likeness (QED) is 0.311. The maximum absolute atomic E-state index is 14.2. The largest absolute Gasteiger partial charge is 0.370 e. The van der Waals surface area contributed by atoms with Crippen molar-refractivity contribution in [1.29, 1.82) is 0 Å². The Balaban J connectivity index is 1.11. The van der Waals surface area contributed by atoms with Gasteiger partial charge >= 0.3 is 0 Å². The molecule has 4 aromatic rings. The highest BCUT2D eigenvalue weighted by Gasteiger charge is 2.44. The van der Waals surface area contributed by atoms with Crippen LogP contribution in [0.3, 0.4) is 0 Å². The summed E-state index contributed by atoms with van der Waals surface area (Å²) in [4.78, 5) is 68.8. The van der Waals surface area contributed by atoms with E-state index in [0.29, 0.717) is 30.6 Å². The Labute approximate surface area is 244 Å². The Kier molecular flexibility index (Phi) is 6.12. The number of H-pyrrole nitrogens is 1. The maximum atomic E-state index is 14.2. The molecule has 216 valence electrons. The number of amides is 5. The number of hydrogen-bond donors (Lipinski definition) is 3. The van der Waals surface area contributed by atoms with Crippen molar-refractivity contribution in [3.05, 3.63) is 88.2 Å². The molecule has 1 atom stereocenters. The Morgan fingerprint density at radius 1 is 0.907 bits per heavy atom. The molecule has 0 spiro atoms. The van der Waals surface area contributed by atoms with Crippen LogP contribution in [0.5, 0.6) is 0 Å². The Bertz CT molecular complexity index is 1900. The minimum absolute atomic E-state index is 0.0641. The zero-order valence-electron chi connectivity index (χ0n) is 23.1. The number of halogens is 1. The van der Waals surface area contributed by atoms with Crippen LogP contribution in [0.15, 0.2) is 54.6 Å². The van der Waals surface area contributed by atoms with Crippen LogP contribution in [-0.4, -0.2) is 59.1 Å². The number of nitrogens with one attached hydrogen (secondary N) is 3. The van der Waals surface area contributed by atoms with Gasteiger partial charge in [-0.2, -0.15) is 0 Å². The molecule has 5 amide bonds. The van der Waals surface area contributed by atoms with Crippen LogP contribution in [-0.2, 0) is 22.6 Å². The summed E-state index contributed by atoms with van der Waals surface area (Å²) in [5.74, 6) is -2.91. The second kappa shape index (κ2) is 9.90. The molecule has 7 rings (SSSR count). The van der Waals surface area contributed by atoms with Crippen molar-refractivity contribution in [3.8, 4) is 11.3 Å². The minimum atomic E-state index is -1.01. The summed E-state index contributed by atoms with van der Waals surface area (Å²) in [6.45, 7) is 0.962. The number of rotatable bonds is 5. The van der Waals surface area contributed by atoms with E-state index >= 15 is 0 Å². The van der Waals surface area contributed by atoms with E-state index in [9.17, 15) is 28.4 Å². The summed E-state index contributed by atoms with van der Waals surface area (Å²) in [5.41, 5.74) is 5.81. The van der Waals surface area contributed by atoms with Crippen LogP contribution >= 0.6 is 0 Å². The fourth-order valence-electron chi connectivity index (χ4n) is 6.28. The van der Waals surface area contributed by atoms with Gasteiger partial charge < -0.3 is 15.2 Å². The number of aromatic amines is 1. The Hall–Kier alpha value is -5.32. The fourth-order valence-corrected chi connectivity index (χ4v) is 6.28. The van der Waals surface area contributed by atoms with E-state index in [0.717, 1.165) is 38.4 Å². The van der Waals surface area contributed by atoms with E-state index in [1.54, 1.807) is 18.2 Å². The summed E-state index contributed by atoms with van der Waals surface area (Å²) in [5, 5.41) is 5.79. The van der Waals surface area contributed by atoms with Crippen molar-refractivity contribution >= 4 is 46.1 Å². The average Bonchev–Trinajstić information content (AvgIpc) is 3.40. The van der Waals surface area contributed by atoms with Gasteiger partial charge in [0, 0.05) is 48.8 Å². The highest BCUT2D eigenvalue weighted by Crippen LogP contribution is 2.35. The number of carbonyl (C=O) groups excluding carboxylic acids is 5. The number of nitrogens with zero attached hydrogens (tertiary/aromatic N) is 2. The van der Waals surface area contributed by atoms with Crippen molar-refractivity contribution in [2.45, 2.75) is 31.8 Å². The number of aromatic nitrogens is 1. The number of imide groups is 2. The predicted molar refractivity (Wildman–Crippen MR) is 155 cm³/mol. The smallest absolute Gasteiger partial charge is 0.262 e. The number of fused-ring (bicyclic) bond motifs is 1. The lowest BCUT2D eigenvalue weighted by Crippen LogP contribution is -2.54. The lowest BCUT2D eigenvalue weighted by Gasteiger charge is -2.27. The molecule has 0 radical (unpaired) electrons. The lowest BCUT2D eigenvalue weighted by atomic mass is 9.99. The molecule has 3 N–H and O–H groups in total. The van der Waals surface area contributed by atoms with Gasteiger partial charge in [0.15, 0.2) is 0 Å². The molecule has 0 saturated carbocycles. The van der Waals surface area contributed by atoms with E-state index in [2.05, 4.69) is 15.6 Å². The van der Waals surface area contributed by atoms with Crippen molar-refractivity contribution in [3.63, 3.8) is 0 Å². The minimum Gasteiger partial charge on any atom is -0.370 e. The van der Waals surface area contributed by atoms with E-state index in [1.165, 1.54) is 12.1 Å². The number of benzene rings is 3.